The zero-order valence-corrected chi connectivity index (χ0v) is 18.6. The number of likely N-dealkylation sites (N-methyl/N-ethyl adjacent to an activating group) is 1. The van der Waals surface area contributed by atoms with Crippen molar-refractivity contribution in [3.05, 3.63) is 66.2 Å². The number of piperidine rings is 1. The molecule has 1 amide bonds. The van der Waals surface area contributed by atoms with Crippen LogP contribution in [0.1, 0.15) is 18.4 Å². The van der Waals surface area contributed by atoms with Crippen molar-refractivity contribution >= 4 is 15.9 Å². The monoisotopic (exact) mass is 446 g/mol. The Morgan fingerprint density at radius 3 is 2.26 bits per heavy atom. The molecule has 2 aromatic carbocycles. The minimum absolute atomic E-state index is 0.101. The van der Waals surface area contributed by atoms with Gasteiger partial charge in [0.2, 0.25) is 15.9 Å². The van der Waals surface area contributed by atoms with Crippen molar-refractivity contribution in [2.45, 2.75) is 29.8 Å². The Kier molecular flexibility index (Phi) is 7.83. The topological polar surface area (TPSA) is 87.2 Å². The summed E-state index contributed by atoms with van der Waals surface area (Å²) in [5.41, 5.74) is 0.288. The molecule has 1 aliphatic heterocycles. The fraction of sp³-hybridized carbons (Fsp3) is 0.435. The van der Waals surface area contributed by atoms with E-state index in [1.807, 2.05) is 30.3 Å². The van der Waals surface area contributed by atoms with Crippen molar-refractivity contribution in [3.8, 4) is 0 Å². The van der Waals surface area contributed by atoms with Gasteiger partial charge >= 0.3 is 0 Å². The Labute approximate surface area is 184 Å². The molecule has 1 saturated heterocycles. The molecule has 0 bridgehead atoms. The lowest BCUT2D eigenvalue weighted by Crippen LogP contribution is -2.48. The Hall–Kier alpha value is -2.26. The average molecular weight is 447 g/mol. The lowest BCUT2D eigenvalue weighted by molar-refractivity contribution is -0.140. The van der Waals surface area contributed by atoms with Crippen molar-refractivity contribution < 1.29 is 23.1 Å². The lowest BCUT2D eigenvalue weighted by Gasteiger charge is -2.38. The van der Waals surface area contributed by atoms with E-state index in [9.17, 15) is 18.3 Å². The molecule has 1 N–H and O–H groups in total. The van der Waals surface area contributed by atoms with E-state index in [0.717, 1.165) is 5.56 Å². The van der Waals surface area contributed by atoms with Crippen molar-refractivity contribution in [3.63, 3.8) is 0 Å². The second-order valence-corrected chi connectivity index (χ2v) is 10.0. The number of hydrogen-bond donors (Lipinski definition) is 1. The van der Waals surface area contributed by atoms with Crippen LogP contribution in [0.25, 0.3) is 0 Å². The summed E-state index contributed by atoms with van der Waals surface area (Å²) in [5, 5.41) is 10.8. The lowest BCUT2D eigenvalue weighted by atomic mass is 9.85. The summed E-state index contributed by atoms with van der Waals surface area (Å²) in [5.74, 6) is -0.143. The van der Waals surface area contributed by atoms with Crippen LogP contribution >= 0.6 is 0 Å². The molecule has 0 atom stereocenters. The molecule has 0 radical (unpaired) electrons. The van der Waals surface area contributed by atoms with Crippen molar-refractivity contribution in [2.75, 3.05) is 39.9 Å². The van der Waals surface area contributed by atoms with E-state index in [-0.39, 0.29) is 30.6 Å². The smallest absolute Gasteiger partial charge is 0.248 e. The minimum atomic E-state index is -3.57. The van der Waals surface area contributed by atoms with Gasteiger partial charge in [-0.15, -0.1) is 0 Å². The number of benzene rings is 2. The molecule has 168 valence electrons. The Morgan fingerprint density at radius 2 is 1.65 bits per heavy atom. The van der Waals surface area contributed by atoms with Crippen LogP contribution in [-0.2, 0) is 26.0 Å². The molecule has 8 heteroatoms. The predicted molar refractivity (Wildman–Crippen MR) is 118 cm³/mol. The van der Waals surface area contributed by atoms with E-state index in [1.54, 1.807) is 35.2 Å². The SMILES string of the molecule is CN(CCOCC(=O)N1CCC(O)(Cc2ccccc2)CC1)S(=O)(=O)c1ccccc1. The maximum atomic E-state index is 12.5. The van der Waals surface area contributed by atoms with E-state index in [0.29, 0.717) is 32.4 Å². The molecule has 31 heavy (non-hydrogen) atoms. The second kappa shape index (κ2) is 10.4. The van der Waals surface area contributed by atoms with Gasteiger partial charge in [-0.2, -0.15) is 4.31 Å². The van der Waals surface area contributed by atoms with Crippen LogP contribution in [0.3, 0.4) is 0 Å². The van der Waals surface area contributed by atoms with Crippen LogP contribution < -0.4 is 0 Å². The molecule has 0 aliphatic carbocycles. The summed E-state index contributed by atoms with van der Waals surface area (Å²) in [6, 6.07) is 18.1. The number of nitrogens with zero attached hydrogens (tertiary/aromatic N) is 2. The molecular formula is C23H30N2O5S. The summed E-state index contributed by atoms with van der Waals surface area (Å²) in [4.78, 5) is 14.3. The molecular weight excluding hydrogens is 416 g/mol. The van der Waals surface area contributed by atoms with E-state index < -0.39 is 15.6 Å². The van der Waals surface area contributed by atoms with Crippen LogP contribution in [0.2, 0.25) is 0 Å². The second-order valence-electron chi connectivity index (χ2n) is 7.96. The fourth-order valence-electron chi connectivity index (χ4n) is 3.66. The number of likely N-dealkylation sites (tertiary alicyclic amines) is 1. The minimum Gasteiger partial charge on any atom is -0.389 e. The van der Waals surface area contributed by atoms with Gasteiger partial charge in [0.05, 0.1) is 17.1 Å². The number of aliphatic hydroxyl groups is 1. The van der Waals surface area contributed by atoms with Crippen molar-refractivity contribution in [1.82, 2.24) is 9.21 Å². The van der Waals surface area contributed by atoms with E-state index in [1.165, 1.54) is 11.4 Å². The predicted octanol–water partition coefficient (Wildman–Crippen LogP) is 1.92. The maximum absolute atomic E-state index is 12.5. The first-order chi connectivity index (χ1) is 14.8. The third-order valence-electron chi connectivity index (χ3n) is 5.65. The van der Waals surface area contributed by atoms with Crippen molar-refractivity contribution in [1.29, 1.82) is 0 Å². The van der Waals surface area contributed by atoms with Gasteiger partial charge in [0, 0.05) is 33.1 Å². The number of sulfonamides is 1. The first-order valence-electron chi connectivity index (χ1n) is 10.4. The van der Waals surface area contributed by atoms with E-state index in [2.05, 4.69) is 0 Å². The zero-order chi connectivity index (χ0) is 22.3. The Bertz CT molecular complexity index is 942. The molecule has 0 spiro atoms. The number of amides is 1. The third-order valence-corrected chi connectivity index (χ3v) is 7.52. The number of ether oxygens (including phenoxy) is 1. The largest absolute Gasteiger partial charge is 0.389 e. The Balaban J connectivity index is 1.39. The summed E-state index contributed by atoms with van der Waals surface area (Å²) < 4.78 is 31.6. The highest BCUT2D eigenvalue weighted by Gasteiger charge is 2.34. The van der Waals surface area contributed by atoms with Gasteiger partial charge in [0.1, 0.15) is 6.61 Å². The van der Waals surface area contributed by atoms with E-state index >= 15 is 0 Å². The Morgan fingerprint density at radius 1 is 1.06 bits per heavy atom. The highest BCUT2D eigenvalue weighted by atomic mass is 32.2. The van der Waals surface area contributed by atoms with Gasteiger partial charge in [-0.05, 0) is 30.5 Å². The molecule has 1 fully saturated rings. The molecule has 1 heterocycles. The molecule has 3 rings (SSSR count). The number of hydrogen-bond acceptors (Lipinski definition) is 5. The van der Waals surface area contributed by atoms with Crippen LogP contribution in [0, 0.1) is 0 Å². The normalized spacial score (nSPS) is 16.4. The number of carbonyl (C=O) groups is 1. The first-order valence-corrected chi connectivity index (χ1v) is 11.9. The molecule has 1 aliphatic rings. The van der Waals surface area contributed by atoms with Gasteiger partial charge in [0.25, 0.3) is 0 Å². The summed E-state index contributed by atoms with van der Waals surface area (Å²) in [6.45, 7) is 1.14. The van der Waals surface area contributed by atoms with Gasteiger partial charge < -0.3 is 14.7 Å². The molecule has 2 aromatic rings. The molecule has 0 aromatic heterocycles. The molecule has 7 nitrogen and oxygen atoms in total. The highest BCUT2D eigenvalue weighted by Crippen LogP contribution is 2.26. The van der Waals surface area contributed by atoms with Crippen molar-refractivity contribution in [2.24, 2.45) is 0 Å². The van der Waals surface area contributed by atoms with Crippen LogP contribution in [0.15, 0.2) is 65.6 Å². The standard InChI is InChI=1S/C23H30N2O5S/c1-24(31(28,29)21-10-6-3-7-11-21)16-17-30-19-22(26)25-14-12-23(27,13-15-25)18-20-8-4-2-5-9-20/h2-11,27H,12-19H2,1H3. The quantitative estimate of drug-likeness (QED) is 0.595. The van der Waals surface area contributed by atoms with E-state index in [4.69, 9.17) is 4.74 Å². The molecule has 0 unspecified atom stereocenters. The van der Waals surface area contributed by atoms with Gasteiger partial charge in [-0.3, -0.25) is 4.79 Å². The van der Waals surface area contributed by atoms with Crippen LogP contribution in [0.5, 0.6) is 0 Å². The summed E-state index contributed by atoms with van der Waals surface area (Å²) in [7, 11) is -2.08. The van der Waals surface area contributed by atoms with Gasteiger partial charge in [0.15, 0.2) is 0 Å². The fourth-order valence-corrected chi connectivity index (χ4v) is 4.84. The van der Waals surface area contributed by atoms with Gasteiger partial charge in [-0.25, -0.2) is 8.42 Å². The summed E-state index contributed by atoms with van der Waals surface area (Å²) in [6.07, 6.45) is 1.62. The molecule has 0 saturated carbocycles. The zero-order valence-electron chi connectivity index (χ0n) is 17.8. The third kappa shape index (κ3) is 6.36. The summed E-state index contributed by atoms with van der Waals surface area (Å²) >= 11 is 0. The van der Waals surface area contributed by atoms with Crippen LogP contribution in [0.4, 0.5) is 0 Å². The average Bonchev–Trinajstić information content (AvgIpc) is 2.78. The van der Waals surface area contributed by atoms with Crippen LogP contribution in [-0.4, -0.2) is 74.1 Å². The number of carbonyl (C=O) groups excluding carboxylic acids is 1. The number of rotatable bonds is 9. The van der Waals surface area contributed by atoms with Gasteiger partial charge in [-0.1, -0.05) is 48.5 Å². The first kappa shape index (κ1) is 23.4. The highest BCUT2D eigenvalue weighted by molar-refractivity contribution is 7.89. The maximum Gasteiger partial charge on any atom is 0.248 e.